The van der Waals surface area contributed by atoms with Crippen LogP contribution in [0.15, 0.2) is 212 Å². The molecule has 0 atom stereocenters. The molecule has 0 radical (unpaired) electrons. The summed E-state index contributed by atoms with van der Waals surface area (Å²) < 4.78 is 206. The first-order valence-corrected chi connectivity index (χ1v) is 52.3. The first kappa shape index (κ1) is 130. The number of benzene rings is 11. The van der Waals surface area contributed by atoms with E-state index in [0.29, 0.717) is 58.3 Å². The van der Waals surface area contributed by atoms with E-state index in [1.54, 1.807) is 70.2 Å². The van der Waals surface area contributed by atoms with Gasteiger partial charge in [-0.05, 0) is 338 Å². The quantitative estimate of drug-likeness (QED) is 0.00613. The minimum atomic E-state index is -5.89. The molecule has 0 aliphatic heterocycles. The number of phenolic OH excluding ortho intramolecular Hbond substituents is 3. The van der Waals surface area contributed by atoms with Gasteiger partial charge in [0.15, 0.2) is 0 Å². The van der Waals surface area contributed by atoms with Crippen LogP contribution in [0.3, 0.4) is 0 Å². The topological polar surface area (TPSA) is 358 Å². The molecule has 5 N–H and O–H groups in total. The van der Waals surface area contributed by atoms with Gasteiger partial charge < -0.3 is 53.4 Å². The van der Waals surface area contributed by atoms with Crippen LogP contribution in [0.5, 0.6) is 23.0 Å². The van der Waals surface area contributed by atoms with Crippen molar-refractivity contribution in [2.24, 2.45) is 0 Å². The van der Waals surface area contributed by atoms with Crippen molar-refractivity contribution in [1.82, 2.24) is 0 Å². The molecule has 0 heterocycles. The lowest BCUT2D eigenvalue weighted by molar-refractivity contribution is -0.142. The lowest BCUT2D eigenvalue weighted by Crippen LogP contribution is -2.28. The monoisotopic (exact) mass is 2740 g/mol. The minimum absolute atomic E-state index is 0.00338. The Hall–Kier alpha value is -10.8. The van der Waals surface area contributed by atoms with E-state index in [1.165, 1.54) is 78.3 Å². The minimum Gasteiger partial charge on any atom is -0.508 e. The van der Waals surface area contributed by atoms with E-state index in [4.69, 9.17) is 53.6 Å². The molecule has 11 aromatic rings. The van der Waals surface area contributed by atoms with Gasteiger partial charge in [-0.3, -0.25) is 14.4 Å². The van der Waals surface area contributed by atoms with Gasteiger partial charge in [0.05, 0.1) is 93.1 Å². The standard InChI is InChI=1S/C11H9FO2.C10H8F4O5S.C10H10FIO2.C9H9FO3.C9H9IO2.C8H5FIN.C8H7IO2.C7H5BrFI.C7H6FI.C7H4FNO.C7H5FO3.C5H10Si/c1-3-8-5-6-9(10(12)7-8)11(13)14-4-2;1-2-18-9(15)7-4-3-6(5-8(7)11)19-20(16,17)10(12,13)14;1-2-14-10(13)5-7-3-4-8(12)6-9(7)11;1-2-13-9(12)7-4-3-6(11)5-8(7)10;1-12-9(11)6-7-2-4-8(10)5-3-7;9-8-5-7(10)2-1-6(8)3-4-11;9-7-3-1-6(2-4-7)5-8(10)11;8-4-5-1-2-6(10)3-7(5)9;1-5-2-3-6(9)4-7(5)8;8-7-3-6(10)2-1-5(7)4-9;8-6-3-4(9)1-2-5(6)7(10)11;1-5-6(2,3)4/h1,5-7H,4H2,2H3;3-5H,2H2,1H3;3-4,6H,2,5H2,1H3;3-5,11H,2H2,1H3;2-5H,6H2,1H3;1-2,5H,3H2;1-4H,5H2,(H,10,11);1-3H,4H2;2-4H,1H3;1-3,10H;1-3,9H,(H,10,11);1H,2-4H3. The van der Waals surface area contributed by atoms with Gasteiger partial charge in [0.2, 0.25) is 0 Å². The number of carboxylic acid groups (broad SMARTS) is 2. The molecular formula is C98H87BrF12I6N2O20SSi. The number of hydrogen-bond donors (Lipinski definition) is 5. The fraction of sp³-hybridized carbons (Fsp3) is 0.194. The molecule has 0 spiro atoms. The number of aliphatic carboxylic acids is 1. The summed E-state index contributed by atoms with van der Waals surface area (Å²) in [5.74, 6) is -9.69. The van der Waals surface area contributed by atoms with Crippen LogP contribution in [0.25, 0.3) is 0 Å². The highest BCUT2D eigenvalue weighted by molar-refractivity contribution is 14.1. The van der Waals surface area contributed by atoms with Crippen molar-refractivity contribution in [3.63, 3.8) is 0 Å². The molecule has 752 valence electrons. The molecule has 0 fully saturated rings. The van der Waals surface area contributed by atoms with Crippen molar-refractivity contribution >= 4 is 211 Å². The number of aryl methyl sites for hydroxylation is 1. The number of terminal acetylenes is 2. The molecule has 11 rings (SSSR count). The summed E-state index contributed by atoms with van der Waals surface area (Å²) in [6.07, 6.45) is 10.8. The Morgan fingerprint density at radius 2 is 0.794 bits per heavy atom. The van der Waals surface area contributed by atoms with Gasteiger partial charge in [-0.15, -0.1) is 18.4 Å². The number of methoxy groups -OCH3 is 1. The van der Waals surface area contributed by atoms with E-state index < -0.39 is 105 Å². The van der Waals surface area contributed by atoms with E-state index in [2.05, 4.69) is 161 Å². The van der Waals surface area contributed by atoms with E-state index in [0.717, 1.165) is 71.4 Å². The molecule has 0 bridgehead atoms. The second-order valence-corrected chi connectivity index (χ2v) is 41.9. The first-order chi connectivity index (χ1) is 66.0. The number of carbonyl (C=O) groups excluding carboxylic acids is 5. The number of carbonyl (C=O) groups is 7. The molecule has 0 aliphatic rings. The fourth-order valence-corrected chi connectivity index (χ4v) is 12.3. The summed E-state index contributed by atoms with van der Waals surface area (Å²) in [6, 6.07) is 54.1. The fourth-order valence-electron chi connectivity index (χ4n) is 8.82. The van der Waals surface area contributed by atoms with E-state index in [1.807, 2.05) is 112 Å². The van der Waals surface area contributed by atoms with E-state index >= 15 is 0 Å². The van der Waals surface area contributed by atoms with Gasteiger partial charge >= 0.3 is 57.4 Å². The molecule has 0 saturated heterocycles. The van der Waals surface area contributed by atoms with Gasteiger partial charge in [0.1, 0.15) is 89.5 Å². The maximum atomic E-state index is 13.4. The average Bonchev–Trinajstić information content (AvgIpc) is 0.703. The zero-order valence-corrected chi connectivity index (χ0v) is 91.9. The van der Waals surface area contributed by atoms with Crippen LogP contribution in [0.4, 0.5) is 52.7 Å². The van der Waals surface area contributed by atoms with Gasteiger partial charge in [-0.1, -0.05) is 90.0 Å². The SMILES string of the molecule is C#C[Si](C)(C)C.C#Cc1ccc(C(=O)OCC)c(F)c1.CCOC(=O)Cc1ccc(I)cc1F.CCOC(=O)c1ccc(O)cc1F.CCOC(=O)c1ccc(OS(=O)(=O)C(F)(F)F)cc1F.COC(=O)Cc1ccc(I)cc1.Cc1ccc(I)cc1F.Fc1cc(I)ccc1CBr.N#CCc1ccc(I)cc1F.N#Cc1ccc(O)cc1F.O=C(O)Cc1ccc(I)cc1.O=C(O)c1ccc(O)cc1F. The summed E-state index contributed by atoms with van der Waals surface area (Å²) in [7, 11) is -5.60. The molecule has 43 heteroatoms. The summed E-state index contributed by atoms with van der Waals surface area (Å²) in [6.45, 7) is 15.4. The predicted molar refractivity (Wildman–Crippen MR) is 561 cm³/mol. The zero-order chi connectivity index (χ0) is 108. The zero-order valence-electron chi connectivity index (χ0n) is 75.6. The van der Waals surface area contributed by atoms with Crippen molar-refractivity contribution in [1.29, 1.82) is 10.5 Å². The highest BCUT2D eigenvalue weighted by atomic mass is 127. The van der Waals surface area contributed by atoms with E-state index in [-0.39, 0.29) is 102 Å². The van der Waals surface area contributed by atoms with E-state index in [9.17, 15) is 94.7 Å². The molecule has 0 aliphatic carbocycles. The summed E-state index contributed by atoms with van der Waals surface area (Å²) in [5, 5.41) is 60.1. The number of alkyl halides is 4. The highest BCUT2D eigenvalue weighted by Crippen LogP contribution is 2.29. The number of rotatable bonds is 18. The lowest BCUT2D eigenvalue weighted by Gasteiger charge is -2.10. The third-order valence-corrected chi connectivity index (χ3v) is 22.3. The molecule has 0 saturated carbocycles. The van der Waals surface area contributed by atoms with Gasteiger partial charge in [0.25, 0.3) is 0 Å². The number of hydrogen-bond acceptors (Lipinski definition) is 20. The number of esters is 5. The molecule has 22 nitrogen and oxygen atoms in total. The van der Waals surface area contributed by atoms with Crippen molar-refractivity contribution in [2.75, 3.05) is 33.5 Å². The predicted octanol–water partition coefficient (Wildman–Crippen LogP) is 25.1. The average molecular weight is 2740 g/mol. The number of aromatic carboxylic acids is 1. The first-order valence-electron chi connectivity index (χ1n) is 39.8. The molecule has 141 heavy (non-hydrogen) atoms. The Bertz CT molecular complexity index is 6270. The van der Waals surface area contributed by atoms with Crippen molar-refractivity contribution in [3.05, 3.63) is 353 Å². The van der Waals surface area contributed by atoms with Crippen LogP contribution in [-0.4, -0.2) is 123 Å². The summed E-state index contributed by atoms with van der Waals surface area (Å²) >= 11 is 15.8. The Kier molecular flexibility index (Phi) is 63.9. The Labute approximate surface area is 897 Å². The number of carboxylic acids is 2. The number of nitriles is 2. The Morgan fingerprint density at radius 3 is 1.13 bits per heavy atom. The molecule has 11 aromatic carbocycles. The van der Waals surface area contributed by atoms with Crippen LogP contribution in [-0.2, 0) is 79.2 Å². The maximum absolute atomic E-state index is 13.4. The molecule has 0 aromatic heterocycles. The number of halogens is 19. The third kappa shape index (κ3) is 55.4. The van der Waals surface area contributed by atoms with Crippen LogP contribution >= 0.6 is 151 Å². The molecule has 0 amide bonds. The Balaban J connectivity index is 0.00000153. The van der Waals surface area contributed by atoms with Crippen LogP contribution in [0.1, 0.15) is 114 Å². The lowest BCUT2D eigenvalue weighted by atomic mass is 10.1. The van der Waals surface area contributed by atoms with Crippen LogP contribution in [0, 0.1) is 128 Å². The third-order valence-electron chi connectivity index (χ3n) is 15.7. The molecule has 0 unspecified atom stereocenters. The largest absolute Gasteiger partial charge is 0.534 e. The van der Waals surface area contributed by atoms with Crippen molar-refractivity contribution in [3.8, 4) is 59.4 Å². The normalized spacial score (nSPS) is 9.90. The second-order valence-electron chi connectivity index (χ2n) is 27.6. The van der Waals surface area contributed by atoms with Gasteiger partial charge in [-0.25, -0.2) is 58.7 Å². The number of nitrogens with zero attached hydrogens (tertiary/aromatic N) is 2. The smallest absolute Gasteiger partial charge is 0.508 e. The number of ether oxygens (including phenoxy) is 5. The number of phenols is 3. The maximum Gasteiger partial charge on any atom is 0.534 e. The van der Waals surface area contributed by atoms with Crippen LogP contribution < -0.4 is 4.18 Å². The summed E-state index contributed by atoms with van der Waals surface area (Å²) in [4.78, 5) is 75.8. The summed E-state index contributed by atoms with van der Waals surface area (Å²) in [5.41, 5.74) is 0.286. The number of aromatic hydroxyl groups is 3. The van der Waals surface area contributed by atoms with Gasteiger partial charge in [-0.2, -0.15) is 32.1 Å². The Morgan fingerprint density at radius 1 is 0.433 bits per heavy atom. The van der Waals surface area contributed by atoms with Crippen LogP contribution in [0.2, 0.25) is 19.6 Å². The highest BCUT2D eigenvalue weighted by Gasteiger charge is 2.48. The molecular weight excluding hydrogens is 2650 g/mol. The van der Waals surface area contributed by atoms with Crippen molar-refractivity contribution in [2.45, 2.75) is 90.8 Å². The second kappa shape index (κ2) is 69.2. The van der Waals surface area contributed by atoms with Crippen molar-refractivity contribution < 1.29 is 148 Å². The van der Waals surface area contributed by atoms with Gasteiger partial charge in [0, 0.05) is 62.1 Å².